The summed E-state index contributed by atoms with van der Waals surface area (Å²) in [4.78, 5) is 12.7. The molecule has 0 aliphatic rings. The van der Waals surface area contributed by atoms with Crippen LogP contribution in [0.15, 0.2) is 0 Å². The van der Waals surface area contributed by atoms with Crippen LogP contribution in [0.25, 0.3) is 0 Å². The van der Waals surface area contributed by atoms with Gasteiger partial charge < -0.3 is 0 Å². The molecule has 0 aromatic heterocycles. The number of hydrogen-bond donors (Lipinski definition) is 0. The molecule has 0 N–H and O–H groups in total. The van der Waals surface area contributed by atoms with Crippen LogP contribution < -0.4 is 0 Å². The quantitative estimate of drug-likeness (QED) is 0.420. The zero-order valence-electron chi connectivity index (χ0n) is 5.85. The first-order chi connectivity index (χ1) is 4.31. The van der Waals surface area contributed by atoms with E-state index in [1.165, 1.54) is 11.6 Å². The van der Waals surface area contributed by atoms with Gasteiger partial charge in [-0.05, 0) is 0 Å². The molecule has 54 valence electrons. The van der Waals surface area contributed by atoms with Gasteiger partial charge in [0.1, 0.15) is 0 Å². The second-order valence-electron chi connectivity index (χ2n) is 1.67. The number of carbonyl (C=O) groups excluding carboxylic acids is 1. The third kappa shape index (κ3) is 6.14. The second-order valence-corrected chi connectivity index (χ2v) is 4.49. The number of esters is 1. The van der Waals surface area contributed by atoms with Gasteiger partial charge in [0.25, 0.3) is 0 Å². The molecule has 0 spiro atoms. The van der Waals surface area contributed by atoms with Gasteiger partial charge in [0.2, 0.25) is 0 Å². The summed E-state index contributed by atoms with van der Waals surface area (Å²) in [6.45, 7) is 0. The van der Waals surface area contributed by atoms with Crippen molar-refractivity contribution in [2.45, 2.75) is 22.3 Å². The standard InChI is InChI=1S/C6H12O2Te/c1-8-6(7)4-3-5-9-2/h3-5H2,1-2H3. The predicted molar refractivity (Wildman–Crippen MR) is 37.7 cm³/mol. The Morgan fingerprint density at radius 3 is 2.78 bits per heavy atom. The number of carbonyl (C=O) groups is 1. The first kappa shape index (κ1) is 9.26. The molecular weight excluding hydrogens is 232 g/mol. The minimum atomic E-state index is -0.0732. The zero-order chi connectivity index (χ0) is 7.11. The summed E-state index contributed by atoms with van der Waals surface area (Å²) >= 11 is 0.219. The fraction of sp³-hybridized carbons (Fsp3) is 0.833. The van der Waals surface area contributed by atoms with E-state index >= 15 is 0 Å². The first-order valence-electron chi connectivity index (χ1n) is 2.87. The summed E-state index contributed by atoms with van der Waals surface area (Å²) in [6.07, 6.45) is 1.63. The monoisotopic (exact) mass is 246 g/mol. The van der Waals surface area contributed by atoms with Crippen molar-refractivity contribution in [2.24, 2.45) is 0 Å². The van der Waals surface area contributed by atoms with Crippen LogP contribution >= 0.6 is 0 Å². The summed E-state index contributed by atoms with van der Waals surface area (Å²) in [5.74, 6) is -0.0732. The fourth-order valence-corrected chi connectivity index (χ4v) is 1.70. The summed E-state index contributed by atoms with van der Waals surface area (Å²) in [7, 11) is 1.44. The van der Waals surface area contributed by atoms with Gasteiger partial charge >= 0.3 is 65.8 Å². The van der Waals surface area contributed by atoms with Crippen molar-refractivity contribution < 1.29 is 9.53 Å². The van der Waals surface area contributed by atoms with Crippen molar-refractivity contribution in [3.63, 3.8) is 0 Å². The molecule has 3 heteroatoms. The van der Waals surface area contributed by atoms with Crippen LogP contribution in [0.5, 0.6) is 0 Å². The second kappa shape index (κ2) is 6.38. The van der Waals surface area contributed by atoms with Crippen molar-refractivity contribution in [2.75, 3.05) is 7.11 Å². The zero-order valence-corrected chi connectivity index (χ0v) is 8.18. The van der Waals surface area contributed by atoms with Crippen molar-refractivity contribution in [1.82, 2.24) is 0 Å². The van der Waals surface area contributed by atoms with E-state index in [9.17, 15) is 4.79 Å². The molecule has 9 heavy (non-hydrogen) atoms. The van der Waals surface area contributed by atoms with Gasteiger partial charge in [-0.15, -0.1) is 0 Å². The summed E-state index contributed by atoms with van der Waals surface area (Å²) < 4.78 is 5.72. The Morgan fingerprint density at radius 2 is 2.33 bits per heavy atom. The Hall–Kier alpha value is 0.260. The van der Waals surface area contributed by atoms with Crippen LogP contribution in [0, 0.1) is 0 Å². The minimum absolute atomic E-state index is 0.0732. The SMILES string of the molecule is COC(=O)CCC[Te]C. The normalized spacial score (nSPS) is 9.11. The van der Waals surface area contributed by atoms with Crippen molar-refractivity contribution in [1.29, 1.82) is 0 Å². The van der Waals surface area contributed by atoms with E-state index in [2.05, 4.69) is 9.71 Å². The average Bonchev–Trinajstić information content (AvgIpc) is 1.89. The van der Waals surface area contributed by atoms with Crippen molar-refractivity contribution in [3.8, 4) is 0 Å². The van der Waals surface area contributed by atoms with Gasteiger partial charge in [0.05, 0.1) is 0 Å². The van der Waals surface area contributed by atoms with Crippen molar-refractivity contribution >= 4 is 26.9 Å². The molecule has 0 saturated heterocycles. The van der Waals surface area contributed by atoms with E-state index < -0.39 is 0 Å². The number of hydrogen-bond acceptors (Lipinski definition) is 2. The molecule has 0 aromatic carbocycles. The molecule has 0 saturated carbocycles. The van der Waals surface area contributed by atoms with E-state index in [1.54, 1.807) is 0 Å². The Balaban J connectivity index is 2.97. The molecule has 0 aromatic rings. The molecular formula is C6H12O2Te. The topological polar surface area (TPSA) is 26.3 Å². The van der Waals surface area contributed by atoms with E-state index in [0.717, 1.165) is 6.42 Å². The summed E-state index contributed by atoms with van der Waals surface area (Å²) in [5, 5.41) is 0. The Kier molecular flexibility index (Phi) is 6.56. The van der Waals surface area contributed by atoms with E-state index in [1.807, 2.05) is 0 Å². The Labute approximate surface area is 66.0 Å². The van der Waals surface area contributed by atoms with Crippen LogP contribution in [-0.4, -0.2) is 34.0 Å². The molecule has 0 fully saturated rings. The molecule has 2 nitrogen and oxygen atoms in total. The summed E-state index contributed by atoms with van der Waals surface area (Å²) in [6, 6.07) is 0. The van der Waals surface area contributed by atoms with Crippen LogP contribution in [0.4, 0.5) is 0 Å². The molecule has 0 bridgehead atoms. The third-order valence-corrected chi connectivity index (χ3v) is 2.95. The van der Waals surface area contributed by atoms with Crippen LogP contribution in [0.3, 0.4) is 0 Å². The van der Waals surface area contributed by atoms with Gasteiger partial charge in [-0.2, -0.15) is 0 Å². The van der Waals surface area contributed by atoms with E-state index in [-0.39, 0.29) is 26.9 Å². The molecule has 0 rings (SSSR count). The molecule has 0 unspecified atom stereocenters. The van der Waals surface area contributed by atoms with Gasteiger partial charge in [0, 0.05) is 0 Å². The molecule has 0 heterocycles. The van der Waals surface area contributed by atoms with Gasteiger partial charge in [-0.3, -0.25) is 0 Å². The fourth-order valence-electron chi connectivity index (χ4n) is 0.463. The summed E-state index contributed by atoms with van der Waals surface area (Å²) in [5.41, 5.74) is 0. The van der Waals surface area contributed by atoms with Gasteiger partial charge in [0.15, 0.2) is 0 Å². The average molecular weight is 244 g/mol. The Bertz CT molecular complexity index is 83.1. The van der Waals surface area contributed by atoms with Gasteiger partial charge in [-0.1, -0.05) is 0 Å². The molecule has 0 aliphatic carbocycles. The van der Waals surface area contributed by atoms with Gasteiger partial charge in [-0.25, -0.2) is 0 Å². The number of rotatable bonds is 4. The Morgan fingerprint density at radius 1 is 1.67 bits per heavy atom. The maximum atomic E-state index is 10.5. The first-order valence-corrected chi connectivity index (χ1v) is 6.85. The maximum absolute atomic E-state index is 10.5. The van der Waals surface area contributed by atoms with Crippen LogP contribution in [0.2, 0.25) is 9.44 Å². The van der Waals surface area contributed by atoms with E-state index in [0.29, 0.717) is 6.42 Å². The number of ether oxygens (including phenoxy) is 1. The third-order valence-electron chi connectivity index (χ3n) is 0.957. The predicted octanol–water partition coefficient (Wildman–Crippen LogP) is 1.11. The molecule has 0 radical (unpaired) electrons. The molecule has 0 aliphatic heterocycles. The molecule has 0 atom stereocenters. The molecule has 0 amide bonds. The van der Waals surface area contributed by atoms with E-state index in [4.69, 9.17) is 0 Å². The van der Waals surface area contributed by atoms with Crippen LogP contribution in [0.1, 0.15) is 12.8 Å². The van der Waals surface area contributed by atoms with Crippen molar-refractivity contribution in [3.05, 3.63) is 0 Å². The number of methoxy groups -OCH3 is 1. The van der Waals surface area contributed by atoms with Crippen LogP contribution in [-0.2, 0) is 9.53 Å².